The Morgan fingerprint density at radius 2 is 1.80 bits per heavy atom. The monoisotopic (exact) mass is 627 g/mol. The summed E-state index contributed by atoms with van der Waals surface area (Å²) < 4.78 is 5.81. The molecule has 242 valence electrons. The number of rotatable bonds is 11. The van der Waals surface area contributed by atoms with Crippen molar-refractivity contribution in [2.45, 2.75) is 38.8 Å². The standard InChI is InChI=1S/C34H41N7O5/c1-20-5-6-29(21(2)15-20)46-19-23(42)18-36-26-7-10-35-32(43)30(26)31-37-27-16-24-25(17-28(27)38-31)34(45)41(33(24)44)22-8-11-40(12-9-22)14-13-39(3)4/h5-7,10,15-17,22-23,42H,8-9,11-14,18-19H2,1-4H3,(H,37,38)(H2,35,36,43)/t23-/m1/s1. The van der Waals surface area contributed by atoms with E-state index in [1.165, 1.54) is 11.1 Å². The first-order chi connectivity index (χ1) is 22.1. The van der Waals surface area contributed by atoms with Gasteiger partial charge in [-0.3, -0.25) is 19.3 Å². The van der Waals surface area contributed by atoms with Crippen LogP contribution in [0.15, 0.2) is 47.4 Å². The van der Waals surface area contributed by atoms with Gasteiger partial charge in [-0.2, -0.15) is 0 Å². The van der Waals surface area contributed by atoms with Crippen LogP contribution in [-0.4, -0.2) is 112 Å². The number of fused-ring (bicyclic) bond motifs is 2. The van der Waals surface area contributed by atoms with Gasteiger partial charge < -0.3 is 34.9 Å². The van der Waals surface area contributed by atoms with Crippen LogP contribution in [0.4, 0.5) is 5.69 Å². The summed E-state index contributed by atoms with van der Waals surface area (Å²) in [6.45, 7) is 7.78. The SMILES string of the molecule is Cc1ccc(OC[C@H](O)CNc2cc[nH]c(=O)c2-c2nc3cc4c(cc3[nH]2)C(=O)N(C2CCN(CCN(C)C)CC2)C4=O)c(C)c1. The summed E-state index contributed by atoms with van der Waals surface area (Å²) in [5.41, 5.74) is 4.16. The van der Waals surface area contributed by atoms with Crippen LogP contribution in [0.1, 0.15) is 44.7 Å². The first kappa shape index (κ1) is 31.5. The van der Waals surface area contributed by atoms with Crippen molar-refractivity contribution in [3.8, 4) is 17.1 Å². The normalized spacial score (nSPS) is 16.4. The molecule has 12 nitrogen and oxygen atoms in total. The quantitative estimate of drug-likeness (QED) is 0.184. The second kappa shape index (κ2) is 13.1. The van der Waals surface area contributed by atoms with Crippen LogP contribution >= 0.6 is 0 Å². The van der Waals surface area contributed by atoms with Gasteiger partial charge in [0.1, 0.15) is 29.8 Å². The lowest BCUT2D eigenvalue weighted by Crippen LogP contribution is -2.48. The lowest BCUT2D eigenvalue weighted by molar-refractivity contribution is 0.0499. The van der Waals surface area contributed by atoms with Gasteiger partial charge in [-0.15, -0.1) is 0 Å². The summed E-state index contributed by atoms with van der Waals surface area (Å²) >= 11 is 0. The van der Waals surface area contributed by atoms with E-state index in [4.69, 9.17) is 4.74 Å². The Kier molecular flexibility index (Phi) is 8.94. The van der Waals surface area contributed by atoms with E-state index in [2.05, 4.69) is 44.2 Å². The summed E-state index contributed by atoms with van der Waals surface area (Å²) in [5, 5.41) is 13.8. The van der Waals surface area contributed by atoms with Gasteiger partial charge in [-0.1, -0.05) is 17.7 Å². The minimum absolute atomic E-state index is 0.0697. The Balaban J connectivity index is 1.15. The fourth-order valence-electron chi connectivity index (χ4n) is 6.25. The highest BCUT2D eigenvalue weighted by Gasteiger charge is 2.41. The number of imide groups is 1. The number of nitrogens with zero attached hydrogens (tertiary/aromatic N) is 4. The van der Waals surface area contributed by atoms with E-state index in [1.807, 2.05) is 32.0 Å². The minimum Gasteiger partial charge on any atom is -0.491 e. The van der Waals surface area contributed by atoms with Gasteiger partial charge in [-0.05, 0) is 70.6 Å². The van der Waals surface area contributed by atoms with Crippen molar-refractivity contribution in [2.24, 2.45) is 0 Å². The zero-order chi connectivity index (χ0) is 32.5. The number of likely N-dealkylation sites (tertiary alicyclic amines) is 1. The first-order valence-corrected chi connectivity index (χ1v) is 15.7. The van der Waals surface area contributed by atoms with E-state index >= 15 is 0 Å². The van der Waals surface area contributed by atoms with Crippen molar-refractivity contribution in [1.82, 2.24) is 29.7 Å². The van der Waals surface area contributed by atoms with Crippen molar-refractivity contribution >= 4 is 28.5 Å². The molecule has 0 unspecified atom stereocenters. The van der Waals surface area contributed by atoms with E-state index in [0.29, 0.717) is 33.6 Å². The maximum atomic E-state index is 13.5. The Hall–Kier alpha value is -4.52. The minimum atomic E-state index is -0.850. The number of hydrogen-bond acceptors (Lipinski definition) is 9. The maximum absolute atomic E-state index is 13.5. The molecule has 2 aromatic heterocycles. The molecule has 4 N–H and O–H groups in total. The van der Waals surface area contributed by atoms with E-state index in [-0.39, 0.29) is 48.0 Å². The second-order valence-electron chi connectivity index (χ2n) is 12.6. The van der Waals surface area contributed by atoms with Gasteiger partial charge in [0.25, 0.3) is 17.4 Å². The smallest absolute Gasteiger partial charge is 0.261 e. The zero-order valence-electron chi connectivity index (χ0n) is 26.7. The molecule has 1 saturated heterocycles. The van der Waals surface area contributed by atoms with Crippen LogP contribution < -0.4 is 15.6 Å². The van der Waals surface area contributed by atoms with Gasteiger partial charge in [0.2, 0.25) is 0 Å². The molecule has 0 bridgehead atoms. The molecule has 2 aromatic carbocycles. The van der Waals surface area contributed by atoms with Crippen LogP contribution in [-0.2, 0) is 0 Å². The highest BCUT2D eigenvalue weighted by molar-refractivity contribution is 6.23. The molecular formula is C34H41N7O5. The summed E-state index contributed by atoms with van der Waals surface area (Å²) in [4.78, 5) is 56.5. The number of H-pyrrole nitrogens is 2. The van der Waals surface area contributed by atoms with Crippen molar-refractivity contribution in [3.05, 3.63) is 75.2 Å². The Labute approximate surface area is 267 Å². The van der Waals surface area contributed by atoms with Crippen LogP contribution in [0.3, 0.4) is 0 Å². The summed E-state index contributed by atoms with van der Waals surface area (Å²) in [6, 6.07) is 10.7. The number of anilines is 1. The number of aliphatic hydroxyl groups is 1. The number of carbonyl (C=O) groups excluding carboxylic acids is 2. The van der Waals surface area contributed by atoms with Gasteiger partial charge in [0.05, 0.1) is 27.8 Å². The Bertz CT molecular complexity index is 1770. The van der Waals surface area contributed by atoms with Crippen molar-refractivity contribution < 1.29 is 19.4 Å². The fourth-order valence-corrected chi connectivity index (χ4v) is 6.25. The molecule has 0 radical (unpaired) electrons. The van der Waals surface area contributed by atoms with E-state index in [9.17, 15) is 19.5 Å². The summed E-state index contributed by atoms with van der Waals surface area (Å²) in [5.74, 6) is 0.402. The summed E-state index contributed by atoms with van der Waals surface area (Å²) in [6.07, 6.45) is 2.16. The Morgan fingerprint density at radius 1 is 1.07 bits per heavy atom. The molecule has 4 heterocycles. The van der Waals surface area contributed by atoms with Gasteiger partial charge in [0.15, 0.2) is 0 Å². The molecule has 6 rings (SSSR count). The van der Waals surface area contributed by atoms with Crippen LogP contribution in [0.5, 0.6) is 5.75 Å². The highest BCUT2D eigenvalue weighted by Crippen LogP contribution is 2.33. The Morgan fingerprint density at radius 3 is 2.52 bits per heavy atom. The molecule has 2 aliphatic rings. The number of hydrogen-bond donors (Lipinski definition) is 4. The van der Waals surface area contributed by atoms with Crippen LogP contribution in [0.2, 0.25) is 0 Å². The number of benzene rings is 2. The van der Waals surface area contributed by atoms with Crippen LogP contribution in [0.25, 0.3) is 22.4 Å². The summed E-state index contributed by atoms with van der Waals surface area (Å²) in [7, 11) is 4.10. The molecule has 1 fully saturated rings. The number of pyridine rings is 1. The average Bonchev–Trinajstić information content (AvgIpc) is 3.54. The topological polar surface area (TPSA) is 147 Å². The molecule has 2 amide bonds. The molecule has 0 aliphatic carbocycles. The number of ether oxygens (including phenoxy) is 1. The molecule has 0 saturated carbocycles. The number of piperidine rings is 1. The zero-order valence-corrected chi connectivity index (χ0v) is 26.7. The predicted octanol–water partition coefficient (Wildman–Crippen LogP) is 3.01. The van der Waals surface area contributed by atoms with Crippen molar-refractivity contribution in [1.29, 1.82) is 0 Å². The average molecular weight is 628 g/mol. The maximum Gasteiger partial charge on any atom is 0.261 e. The van der Waals surface area contributed by atoms with Crippen molar-refractivity contribution in [2.75, 3.05) is 58.7 Å². The lowest BCUT2D eigenvalue weighted by Gasteiger charge is -2.36. The number of aryl methyl sites for hydroxylation is 2. The third-order valence-electron chi connectivity index (χ3n) is 8.79. The number of carbonyl (C=O) groups is 2. The van der Waals surface area contributed by atoms with Gasteiger partial charge in [-0.25, -0.2) is 4.98 Å². The molecule has 2 aliphatic heterocycles. The number of amides is 2. The first-order valence-electron chi connectivity index (χ1n) is 15.7. The number of aromatic nitrogens is 3. The number of aromatic amines is 2. The molecule has 4 aromatic rings. The van der Waals surface area contributed by atoms with Gasteiger partial charge in [0, 0.05) is 45.0 Å². The molecule has 46 heavy (non-hydrogen) atoms. The number of imidazole rings is 1. The number of likely N-dealkylation sites (N-methyl/N-ethyl adjacent to an activating group) is 1. The number of nitrogens with one attached hydrogen (secondary N) is 3. The second-order valence-corrected chi connectivity index (χ2v) is 12.6. The third-order valence-corrected chi connectivity index (χ3v) is 8.79. The van der Waals surface area contributed by atoms with E-state index in [1.54, 1.807) is 18.2 Å². The fraction of sp³-hybridized carbons (Fsp3) is 0.412. The molecule has 1 atom stereocenters. The largest absolute Gasteiger partial charge is 0.491 e. The molecule has 12 heteroatoms. The lowest BCUT2D eigenvalue weighted by atomic mass is 10.0. The third kappa shape index (κ3) is 6.41. The van der Waals surface area contributed by atoms with Crippen molar-refractivity contribution in [3.63, 3.8) is 0 Å². The van der Waals surface area contributed by atoms with E-state index < -0.39 is 6.10 Å². The predicted molar refractivity (Wildman–Crippen MR) is 177 cm³/mol. The highest BCUT2D eigenvalue weighted by atomic mass is 16.5. The van der Waals surface area contributed by atoms with Crippen LogP contribution in [0, 0.1) is 13.8 Å². The molecule has 0 spiro atoms. The van der Waals surface area contributed by atoms with E-state index in [0.717, 1.165) is 50.1 Å². The van der Waals surface area contributed by atoms with Gasteiger partial charge >= 0.3 is 0 Å². The molecular weight excluding hydrogens is 586 g/mol. The number of aliphatic hydroxyl groups excluding tert-OH is 1.